The molecule has 8 heteroatoms. The zero-order valence-electron chi connectivity index (χ0n) is 14.3. The van der Waals surface area contributed by atoms with Crippen molar-refractivity contribution in [1.29, 1.82) is 0 Å². The van der Waals surface area contributed by atoms with Gasteiger partial charge in [0.1, 0.15) is 10.5 Å². The summed E-state index contributed by atoms with van der Waals surface area (Å²) in [6.45, 7) is 0. The van der Waals surface area contributed by atoms with E-state index in [1.807, 2.05) is 30.3 Å². The molecule has 138 valence electrons. The molecule has 0 spiro atoms. The van der Waals surface area contributed by atoms with Crippen molar-refractivity contribution in [1.82, 2.24) is 4.98 Å². The summed E-state index contributed by atoms with van der Waals surface area (Å²) in [5.74, 6) is -0.0612. The SMILES string of the molecule is O=C(Nc1cccc(-c2nc3ccccc3o2)c1)c1ccc(Cl)c([N+](=O)[O-])c1. The van der Waals surface area contributed by atoms with E-state index in [4.69, 9.17) is 16.0 Å². The Morgan fingerprint density at radius 1 is 1.07 bits per heavy atom. The molecule has 0 saturated carbocycles. The average Bonchev–Trinajstić information content (AvgIpc) is 3.12. The number of carbonyl (C=O) groups is 1. The Kier molecular flexibility index (Phi) is 4.50. The minimum Gasteiger partial charge on any atom is -0.436 e. The lowest BCUT2D eigenvalue weighted by atomic mass is 10.1. The Hall–Kier alpha value is -3.71. The number of hydrogen-bond donors (Lipinski definition) is 1. The number of para-hydroxylation sites is 2. The van der Waals surface area contributed by atoms with Crippen LogP contribution in [0.15, 0.2) is 71.1 Å². The third-order valence-electron chi connectivity index (χ3n) is 4.07. The van der Waals surface area contributed by atoms with Gasteiger partial charge in [0, 0.05) is 22.9 Å². The molecule has 4 aromatic rings. The summed E-state index contributed by atoms with van der Waals surface area (Å²) in [7, 11) is 0. The number of nitrogens with zero attached hydrogens (tertiary/aromatic N) is 2. The summed E-state index contributed by atoms with van der Waals surface area (Å²) in [6, 6.07) is 18.3. The van der Waals surface area contributed by atoms with E-state index in [2.05, 4.69) is 10.3 Å². The predicted octanol–water partition coefficient (Wildman–Crippen LogP) is 5.31. The second-order valence-corrected chi connectivity index (χ2v) is 6.35. The van der Waals surface area contributed by atoms with Crippen molar-refractivity contribution in [3.05, 3.63) is 87.4 Å². The van der Waals surface area contributed by atoms with Crippen molar-refractivity contribution < 1.29 is 14.1 Å². The normalized spacial score (nSPS) is 10.8. The maximum absolute atomic E-state index is 12.5. The molecule has 0 atom stereocenters. The Balaban J connectivity index is 1.60. The number of anilines is 1. The summed E-state index contributed by atoms with van der Waals surface area (Å²) >= 11 is 5.79. The van der Waals surface area contributed by atoms with Crippen LogP contribution in [0.4, 0.5) is 11.4 Å². The molecule has 0 aliphatic heterocycles. The maximum Gasteiger partial charge on any atom is 0.288 e. The van der Waals surface area contributed by atoms with Crippen molar-refractivity contribution >= 4 is 40.0 Å². The molecule has 1 N–H and O–H groups in total. The molecule has 0 fully saturated rings. The van der Waals surface area contributed by atoms with Crippen LogP contribution in [0.25, 0.3) is 22.6 Å². The molecule has 3 aromatic carbocycles. The Bertz CT molecular complexity index is 1190. The zero-order valence-corrected chi connectivity index (χ0v) is 15.0. The van der Waals surface area contributed by atoms with Crippen LogP contribution in [0.1, 0.15) is 10.4 Å². The number of carbonyl (C=O) groups excluding carboxylic acids is 1. The van der Waals surface area contributed by atoms with Gasteiger partial charge < -0.3 is 9.73 Å². The number of amides is 1. The standard InChI is InChI=1S/C20H12ClN3O4/c21-15-9-8-12(11-17(15)24(26)27)19(25)22-14-5-3-4-13(10-14)20-23-16-6-1-2-7-18(16)28-20/h1-11H,(H,22,25). The van der Waals surface area contributed by atoms with Crippen LogP contribution in [0.2, 0.25) is 5.02 Å². The van der Waals surface area contributed by atoms with E-state index < -0.39 is 10.8 Å². The molecule has 1 aromatic heterocycles. The van der Waals surface area contributed by atoms with Crippen LogP contribution in [0.5, 0.6) is 0 Å². The third kappa shape index (κ3) is 3.43. The van der Waals surface area contributed by atoms with Crippen LogP contribution in [-0.2, 0) is 0 Å². The van der Waals surface area contributed by atoms with Crippen LogP contribution in [-0.4, -0.2) is 15.8 Å². The minimum atomic E-state index is -0.632. The molecule has 28 heavy (non-hydrogen) atoms. The molecule has 4 rings (SSSR count). The van der Waals surface area contributed by atoms with Gasteiger partial charge in [0.25, 0.3) is 11.6 Å². The number of nitrogens with one attached hydrogen (secondary N) is 1. The van der Waals surface area contributed by atoms with Crippen molar-refractivity contribution in [3.8, 4) is 11.5 Å². The molecule has 0 radical (unpaired) electrons. The lowest BCUT2D eigenvalue weighted by molar-refractivity contribution is -0.384. The first-order chi connectivity index (χ1) is 13.5. The summed E-state index contributed by atoms with van der Waals surface area (Å²) in [5.41, 5.74) is 2.40. The lowest BCUT2D eigenvalue weighted by Gasteiger charge is -2.07. The predicted molar refractivity (Wildman–Crippen MR) is 106 cm³/mol. The Morgan fingerprint density at radius 3 is 2.68 bits per heavy atom. The zero-order chi connectivity index (χ0) is 19.7. The number of aromatic nitrogens is 1. The fraction of sp³-hybridized carbons (Fsp3) is 0. The summed E-state index contributed by atoms with van der Waals surface area (Å²) < 4.78 is 5.74. The van der Waals surface area contributed by atoms with E-state index in [9.17, 15) is 14.9 Å². The van der Waals surface area contributed by atoms with Gasteiger partial charge in [0.15, 0.2) is 5.58 Å². The third-order valence-corrected chi connectivity index (χ3v) is 4.39. The number of hydrogen-bond acceptors (Lipinski definition) is 5. The van der Waals surface area contributed by atoms with Gasteiger partial charge in [-0.25, -0.2) is 4.98 Å². The van der Waals surface area contributed by atoms with Gasteiger partial charge in [-0.15, -0.1) is 0 Å². The smallest absolute Gasteiger partial charge is 0.288 e. The molecule has 7 nitrogen and oxygen atoms in total. The van der Waals surface area contributed by atoms with E-state index >= 15 is 0 Å². The van der Waals surface area contributed by atoms with Gasteiger partial charge in [-0.2, -0.15) is 0 Å². The first-order valence-electron chi connectivity index (χ1n) is 8.22. The van der Waals surface area contributed by atoms with Gasteiger partial charge in [-0.05, 0) is 42.5 Å². The quantitative estimate of drug-likeness (QED) is 0.374. The Labute approximate surface area is 163 Å². The van der Waals surface area contributed by atoms with Gasteiger partial charge in [0.2, 0.25) is 5.89 Å². The second-order valence-electron chi connectivity index (χ2n) is 5.94. The molecular weight excluding hydrogens is 382 g/mol. The van der Waals surface area contributed by atoms with E-state index in [1.54, 1.807) is 18.2 Å². The van der Waals surface area contributed by atoms with Crippen molar-refractivity contribution in [2.75, 3.05) is 5.32 Å². The fourth-order valence-corrected chi connectivity index (χ4v) is 2.91. The molecule has 0 bridgehead atoms. The lowest BCUT2D eigenvalue weighted by Crippen LogP contribution is -2.12. The van der Waals surface area contributed by atoms with Crippen molar-refractivity contribution in [2.45, 2.75) is 0 Å². The number of benzene rings is 3. The van der Waals surface area contributed by atoms with Crippen molar-refractivity contribution in [3.63, 3.8) is 0 Å². The minimum absolute atomic E-state index is 0.0282. The van der Waals surface area contributed by atoms with Gasteiger partial charge >= 0.3 is 0 Å². The molecule has 1 amide bonds. The van der Waals surface area contributed by atoms with E-state index in [-0.39, 0.29) is 16.3 Å². The second kappa shape index (κ2) is 7.13. The van der Waals surface area contributed by atoms with E-state index in [0.29, 0.717) is 22.7 Å². The highest BCUT2D eigenvalue weighted by atomic mass is 35.5. The van der Waals surface area contributed by atoms with Gasteiger partial charge in [-0.3, -0.25) is 14.9 Å². The largest absolute Gasteiger partial charge is 0.436 e. The molecular formula is C20H12ClN3O4. The number of halogens is 1. The van der Waals surface area contributed by atoms with Crippen LogP contribution in [0.3, 0.4) is 0 Å². The molecule has 0 aliphatic carbocycles. The summed E-state index contributed by atoms with van der Waals surface area (Å²) in [6.07, 6.45) is 0. The summed E-state index contributed by atoms with van der Waals surface area (Å²) in [4.78, 5) is 27.3. The molecule has 0 aliphatic rings. The number of fused-ring (bicyclic) bond motifs is 1. The van der Waals surface area contributed by atoms with Crippen LogP contribution in [0, 0.1) is 10.1 Å². The molecule has 0 unspecified atom stereocenters. The first-order valence-corrected chi connectivity index (χ1v) is 8.60. The van der Waals surface area contributed by atoms with Gasteiger partial charge in [-0.1, -0.05) is 29.8 Å². The average molecular weight is 394 g/mol. The molecule has 1 heterocycles. The number of nitro groups is 1. The van der Waals surface area contributed by atoms with E-state index in [0.717, 1.165) is 11.6 Å². The number of nitro benzene ring substituents is 1. The van der Waals surface area contributed by atoms with Crippen LogP contribution >= 0.6 is 11.6 Å². The number of rotatable bonds is 4. The first kappa shape index (κ1) is 17.7. The summed E-state index contributed by atoms with van der Waals surface area (Å²) in [5, 5.41) is 13.7. The highest BCUT2D eigenvalue weighted by Crippen LogP contribution is 2.28. The van der Waals surface area contributed by atoms with Gasteiger partial charge in [0.05, 0.1) is 4.92 Å². The fourth-order valence-electron chi connectivity index (χ4n) is 2.72. The molecule has 0 saturated heterocycles. The topological polar surface area (TPSA) is 98.3 Å². The highest BCUT2D eigenvalue weighted by molar-refractivity contribution is 6.32. The van der Waals surface area contributed by atoms with E-state index in [1.165, 1.54) is 12.1 Å². The van der Waals surface area contributed by atoms with Crippen LogP contribution < -0.4 is 5.32 Å². The Morgan fingerprint density at radius 2 is 1.89 bits per heavy atom. The monoisotopic (exact) mass is 393 g/mol. The maximum atomic E-state index is 12.5. The number of oxazole rings is 1. The van der Waals surface area contributed by atoms with Crippen molar-refractivity contribution in [2.24, 2.45) is 0 Å². The highest BCUT2D eigenvalue weighted by Gasteiger charge is 2.17.